The molecule has 1 heteroatoms. The maximum absolute atomic E-state index is 3.73. The van der Waals surface area contributed by atoms with Crippen LogP contribution in [0.2, 0.25) is 0 Å². The van der Waals surface area contributed by atoms with Gasteiger partial charge in [0.2, 0.25) is 0 Å². The Balaban J connectivity index is 2.43. The van der Waals surface area contributed by atoms with Crippen molar-refractivity contribution in [2.24, 2.45) is 17.8 Å². The van der Waals surface area contributed by atoms with Crippen molar-refractivity contribution in [1.82, 2.24) is 5.32 Å². The molecule has 3 unspecified atom stereocenters. The second kappa shape index (κ2) is 6.52. The summed E-state index contributed by atoms with van der Waals surface area (Å²) < 4.78 is 0. The van der Waals surface area contributed by atoms with Crippen molar-refractivity contribution in [3.63, 3.8) is 0 Å². The van der Waals surface area contributed by atoms with Gasteiger partial charge >= 0.3 is 0 Å². The van der Waals surface area contributed by atoms with E-state index in [-0.39, 0.29) is 0 Å². The van der Waals surface area contributed by atoms with Gasteiger partial charge < -0.3 is 5.32 Å². The Morgan fingerprint density at radius 3 is 2.13 bits per heavy atom. The van der Waals surface area contributed by atoms with Crippen LogP contribution in [0, 0.1) is 17.8 Å². The molecular formula is C14H29N. The summed E-state index contributed by atoms with van der Waals surface area (Å²) in [5.41, 5.74) is 0. The fourth-order valence-electron chi connectivity index (χ4n) is 3.31. The van der Waals surface area contributed by atoms with Gasteiger partial charge in [-0.25, -0.2) is 0 Å². The van der Waals surface area contributed by atoms with Gasteiger partial charge in [0.15, 0.2) is 0 Å². The molecule has 15 heavy (non-hydrogen) atoms. The molecule has 90 valence electrons. The third-order valence-corrected chi connectivity index (χ3v) is 3.88. The van der Waals surface area contributed by atoms with Gasteiger partial charge in [0.1, 0.15) is 0 Å². The molecule has 0 bridgehead atoms. The second-order valence-electron chi connectivity index (χ2n) is 5.65. The van der Waals surface area contributed by atoms with Crippen molar-refractivity contribution in [2.75, 3.05) is 6.54 Å². The lowest BCUT2D eigenvalue weighted by Crippen LogP contribution is -2.39. The molecule has 0 radical (unpaired) electrons. The summed E-state index contributed by atoms with van der Waals surface area (Å²) in [7, 11) is 0. The molecule has 0 amide bonds. The predicted molar refractivity (Wildman–Crippen MR) is 68.0 cm³/mol. The summed E-state index contributed by atoms with van der Waals surface area (Å²) >= 11 is 0. The minimum Gasteiger partial charge on any atom is -0.314 e. The molecule has 0 aromatic carbocycles. The van der Waals surface area contributed by atoms with Gasteiger partial charge in [0.25, 0.3) is 0 Å². The highest BCUT2D eigenvalue weighted by Gasteiger charge is 2.28. The Morgan fingerprint density at radius 2 is 1.67 bits per heavy atom. The van der Waals surface area contributed by atoms with E-state index in [0.29, 0.717) is 0 Å². The van der Waals surface area contributed by atoms with Gasteiger partial charge in [0, 0.05) is 6.04 Å². The van der Waals surface area contributed by atoms with Crippen LogP contribution in [0.3, 0.4) is 0 Å². The van der Waals surface area contributed by atoms with E-state index in [1.807, 2.05) is 0 Å². The van der Waals surface area contributed by atoms with Crippen molar-refractivity contribution in [1.29, 1.82) is 0 Å². The quantitative estimate of drug-likeness (QED) is 0.728. The topological polar surface area (TPSA) is 12.0 Å². The van der Waals surface area contributed by atoms with E-state index in [4.69, 9.17) is 0 Å². The molecule has 1 aliphatic rings. The van der Waals surface area contributed by atoms with Crippen molar-refractivity contribution in [3.8, 4) is 0 Å². The molecule has 0 aromatic heterocycles. The first-order valence-corrected chi connectivity index (χ1v) is 6.90. The Labute approximate surface area is 96.0 Å². The Kier molecular flexibility index (Phi) is 5.66. The van der Waals surface area contributed by atoms with Gasteiger partial charge in [-0.3, -0.25) is 0 Å². The van der Waals surface area contributed by atoms with E-state index in [1.54, 1.807) is 0 Å². The molecule has 0 aliphatic heterocycles. The Bertz CT molecular complexity index is 157. The summed E-state index contributed by atoms with van der Waals surface area (Å²) in [6, 6.07) is 0.773. The lowest BCUT2D eigenvalue weighted by Gasteiger charge is -2.36. The van der Waals surface area contributed by atoms with E-state index in [2.05, 4.69) is 33.0 Å². The smallest absolute Gasteiger partial charge is 0.00928 e. The molecule has 0 heterocycles. The molecule has 1 N–H and O–H groups in total. The molecule has 3 atom stereocenters. The summed E-state index contributed by atoms with van der Waals surface area (Å²) in [5, 5.41) is 3.73. The zero-order valence-corrected chi connectivity index (χ0v) is 11.1. The summed E-state index contributed by atoms with van der Waals surface area (Å²) in [6.07, 6.45) is 6.89. The number of rotatable bonds is 5. The summed E-state index contributed by atoms with van der Waals surface area (Å²) in [5.74, 6) is 2.81. The lowest BCUT2D eigenvalue weighted by molar-refractivity contribution is 0.173. The van der Waals surface area contributed by atoms with Crippen LogP contribution >= 0.6 is 0 Å². The standard InChI is InChI=1S/C14H29N/c1-5-7-15-14(6-2)13-9-11(3)8-12(4)10-13/h11-15H,5-10H2,1-4H3. The first-order valence-electron chi connectivity index (χ1n) is 6.90. The highest BCUT2D eigenvalue weighted by atomic mass is 14.9. The molecule has 1 fully saturated rings. The van der Waals surface area contributed by atoms with Crippen LogP contribution in [-0.2, 0) is 0 Å². The first-order chi connectivity index (χ1) is 7.17. The van der Waals surface area contributed by atoms with Crippen LogP contribution in [0.25, 0.3) is 0 Å². The fourth-order valence-corrected chi connectivity index (χ4v) is 3.31. The van der Waals surface area contributed by atoms with E-state index in [1.165, 1.54) is 38.6 Å². The second-order valence-corrected chi connectivity index (χ2v) is 5.65. The highest BCUT2D eigenvalue weighted by molar-refractivity contribution is 4.83. The number of hydrogen-bond acceptors (Lipinski definition) is 1. The van der Waals surface area contributed by atoms with Gasteiger partial charge in [-0.1, -0.05) is 27.7 Å². The molecule has 0 saturated heterocycles. The average Bonchev–Trinajstić information content (AvgIpc) is 2.17. The number of nitrogens with one attached hydrogen (secondary N) is 1. The third-order valence-electron chi connectivity index (χ3n) is 3.88. The SMILES string of the molecule is CCCNC(CC)C1CC(C)CC(C)C1. The highest BCUT2D eigenvalue weighted by Crippen LogP contribution is 2.35. The van der Waals surface area contributed by atoms with Gasteiger partial charge in [0.05, 0.1) is 0 Å². The van der Waals surface area contributed by atoms with Crippen LogP contribution in [-0.4, -0.2) is 12.6 Å². The molecular weight excluding hydrogens is 182 g/mol. The summed E-state index contributed by atoms with van der Waals surface area (Å²) in [4.78, 5) is 0. The minimum atomic E-state index is 0.773. The molecule has 1 saturated carbocycles. The van der Waals surface area contributed by atoms with Crippen LogP contribution < -0.4 is 5.32 Å². The van der Waals surface area contributed by atoms with Crippen LogP contribution in [0.1, 0.15) is 59.8 Å². The molecule has 0 aromatic rings. The van der Waals surface area contributed by atoms with Crippen LogP contribution in [0.15, 0.2) is 0 Å². The Morgan fingerprint density at radius 1 is 1.07 bits per heavy atom. The zero-order chi connectivity index (χ0) is 11.3. The molecule has 1 nitrogen and oxygen atoms in total. The number of hydrogen-bond donors (Lipinski definition) is 1. The largest absolute Gasteiger partial charge is 0.314 e. The fraction of sp³-hybridized carbons (Fsp3) is 1.00. The molecule has 0 spiro atoms. The lowest BCUT2D eigenvalue weighted by atomic mass is 9.73. The van der Waals surface area contributed by atoms with Crippen molar-refractivity contribution in [3.05, 3.63) is 0 Å². The monoisotopic (exact) mass is 211 g/mol. The Hall–Kier alpha value is -0.0400. The molecule has 1 rings (SSSR count). The maximum Gasteiger partial charge on any atom is 0.00928 e. The van der Waals surface area contributed by atoms with E-state index in [9.17, 15) is 0 Å². The first kappa shape index (κ1) is 13.0. The predicted octanol–water partition coefficient (Wildman–Crippen LogP) is 3.84. The van der Waals surface area contributed by atoms with Crippen LogP contribution in [0.5, 0.6) is 0 Å². The summed E-state index contributed by atoms with van der Waals surface area (Å²) in [6.45, 7) is 10.6. The maximum atomic E-state index is 3.73. The van der Waals surface area contributed by atoms with Crippen molar-refractivity contribution >= 4 is 0 Å². The van der Waals surface area contributed by atoms with Gasteiger partial charge in [-0.15, -0.1) is 0 Å². The van der Waals surface area contributed by atoms with E-state index >= 15 is 0 Å². The normalized spacial score (nSPS) is 34.0. The van der Waals surface area contributed by atoms with Crippen molar-refractivity contribution < 1.29 is 0 Å². The average molecular weight is 211 g/mol. The zero-order valence-electron chi connectivity index (χ0n) is 11.1. The van der Waals surface area contributed by atoms with E-state index < -0.39 is 0 Å². The van der Waals surface area contributed by atoms with E-state index in [0.717, 1.165) is 23.8 Å². The van der Waals surface area contributed by atoms with Crippen molar-refractivity contribution in [2.45, 2.75) is 65.8 Å². The third kappa shape index (κ3) is 4.14. The van der Waals surface area contributed by atoms with Gasteiger partial charge in [-0.2, -0.15) is 0 Å². The minimum absolute atomic E-state index is 0.773. The van der Waals surface area contributed by atoms with Gasteiger partial charge in [-0.05, 0) is 56.4 Å². The van der Waals surface area contributed by atoms with Crippen LogP contribution in [0.4, 0.5) is 0 Å². The molecule has 1 aliphatic carbocycles.